The summed E-state index contributed by atoms with van der Waals surface area (Å²) in [6, 6.07) is 5.22. The Hall–Kier alpha value is -2.21. The van der Waals surface area contributed by atoms with Gasteiger partial charge >= 0.3 is 0 Å². The van der Waals surface area contributed by atoms with E-state index in [0.29, 0.717) is 30.5 Å². The highest BCUT2D eigenvalue weighted by Crippen LogP contribution is 2.27. The molecular weight excluding hydrogens is 304 g/mol. The monoisotopic (exact) mass is 328 g/mol. The molecule has 1 saturated carbocycles. The number of H-pyrrole nitrogens is 1. The largest absolute Gasteiger partial charge is 0.391 e. The van der Waals surface area contributed by atoms with Crippen LogP contribution in [0.5, 0.6) is 0 Å². The van der Waals surface area contributed by atoms with Crippen molar-refractivity contribution in [2.45, 2.75) is 45.1 Å². The van der Waals surface area contributed by atoms with E-state index in [2.05, 4.69) is 20.3 Å². The summed E-state index contributed by atoms with van der Waals surface area (Å²) in [5.41, 5.74) is 1.37. The summed E-state index contributed by atoms with van der Waals surface area (Å²) in [5.74, 6) is 1.65. The van der Waals surface area contributed by atoms with Crippen molar-refractivity contribution < 1.29 is 5.11 Å². The summed E-state index contributed by atoms with van der Waals surface area (Å²) in [7, 11) is 0. The molecule has 3 rings (SSSR count). The first-order chi connectivity index (χ1) is 11.7. The van der Waals surface area contributed by atoms with Crippen LogP contribution in [0.15, 0.2) is 29.2 Å². The first-order valence-electron chi connectivity index (χ1n) is 8.64. The number of anilines is 1. The Morgan fingerprint density at radius 2 is 2.17 bits per heavy atom. The Kier molecular flexibility index (Phi) is 5.25. The van der Waals surface area contributed by atoms with Crippen molar-refractivity contribution in [1.82, 2.24) is 15.0 Å². The molecule has 0 aliphatic heterocycles. The second-order valence-electron chi connectivity index (χ2n) is 6.36. The minimum atomic E-state index is -0.326. The number of rotatable bonds is 6. The smallest absolute Gasteiger partial charge is 0.251 e. The lowest BCUT2D eigenvalue weighted by Crippen LogP contribution is -2.26. The summed E-state index contributed by atoms with van der Waals surface area (Å²) >= 11 is 0. The third-order valence-electron chi connectivity index (χ3n) is 4.63. The second kappa shape index (κ2) is 7.57. The molecule has 1 unspecified atom stereocenters. The van der Waals surface area contributed by atoms with Crippen LogP contribution in [0.2, 0.25) is 0 Å². The van der Waals surface area contributed by atoms with Crippen molar-refractivity contribution in [3.63, 3.8) is 0 Å². The van der Waals surface area contributed by atoms with Gasteiger partial charge in [-0.15, -0.1) is 0 Å². The molecule has 0 bridgehead atoms. The SMILES string of the molecule is CCc1cc(=O)[nH]c(-c2ccc(NCC(O)C3CCCC3)nc2)n1. The maximum atomic E-state index is 11.7. The van der Waals surface area contributed by atoms with E-state index in [4.69, 9.17) is 0 Å². The van der Waals surface area contributed by atoms with Crippen molar-refractivity contribution in [3.05, 3.63) is 40.4 Å². The van der Waals surface area contributed by atoms with Gasteiger partial charge in [0.1, 0.15) is 11.6 Å². The fraction of sp³-hybridized carbons (Fsp3) is 0.500. The van der Waals surface area contributed by atoms with Crippen LogP contribution in [-0.2, 0) is 6.42 Å². The standard InChI is InChI=1S/C18H24N4O2/c1-2-14-9-17(24)22-18(21-14)13-7-8-16(19-10-13)20-11-15(23)12-5-3-4-6-12/h7-10,12,15,23H,2-6,11H2,1H3,(H,19,20)(H,21,22,24). The molecule has 2 heterocycles. The quantitative estimate of drug-likeness (QED) is 0.757. The van der Waals surface area contributed by atoms with E-state index in [1.54, 1.807) is 6.20 Å². The summed E-state index contributed by atoms with van der Waals surface area (Å²) < 4.78 is 0. The zero-order valence-corrected chi connectivity index (χ0v) is 14.0. The van der Waals surface area contributed by atoms with Crippen LogP contribution < -0.4 is 10.9 Å². The van der Waals surface area contributed by atoms with Crippen molar-refractivity contribution in [2.75, 3.05) is 11.9 Å². The molecule has 1 atom stereocenters. The van der Waals surface area contributed by atoms with Crippen LogP contribution in [0.3, 0.4) is 0 Å². The molecule has 6 heteroatoms. The number of aromatic amines is 1. The maximum absolute atomic E-state index is 11.7. The average Bonchev–Trinajstić information content (AvgIpc) is 3.14. The van der Waals surface area contributed by atoms with Crippen LogP contribution in [0.25, 0.3) is 11.4 Å². The fourth-order valence-electron chi connectivity index (χ4n) is 3.18. The first-order valence-corrected chi connectivity index (χ1v) is 8.64. The van der Waals surface area contributed by atoms with Crippen molar-refractivity contribution in [1.29, 1.82) is 0 Å². The number of pyridine rings is 1. The number of nitrogens with zero attached hydrogens (tertiary/aromatic N) is 2. The molecule has 1 aliphatic carbocycles. The predicted octanol–water partition coefficient (Wildman–Crippen LogP) is 2.36. The Morgan fingerprint density at radius 1 is 1.38 bits per heavy atom. The van der Waals surface area contributed by atoms with Crippen molar-refractivity contribution in [2.24, 2.45) is 5.92 Å². The molecule has 6 nitrogen and oxygen atoms in total. The van der Waals surface area contributed by atoms with E-state index in [9.17, 15) is 9.90 Å². The summed E-state index contributed by atoms with van der Waals surface area (Å²) in [5, 5.41) is 13.4. The van der Waals surface area contributed by atoms with Gasteiger partial charge in [0.15, 0.2) is 0 Å². The van der Waals surface area contributed by atoms with E-state index in [-0.39, 0.29) is 11.7 Å². The molecule has 2 aromatic heterocycles. The van der Waals surface area contributed by atoms with Gasteiger partial charge in [0.2, 0.25) is 0 Å². The molecular formula is C18H24N4O2. The van der Waals surface area contributed by atoms with Gasteiger partial charge in [-0.2, -0.15) is 0 Å². The van der Waals surface area contributed by atoms with Gasteiger partial charge in [-0.1, -0.05) is 19.8 Å². The van der Waals surface area contributed by atoms with Gasteiger partial charge in [-0.05, 0) is 37.3 Å². The van der Waals surface area contributed by atoms with Crippen molar-refractivity contribution in [3.8, 4) is 11.4 Å². The highest BCUT2D eigenvalue weighted by molar-refractivity contribution is 5.55. The third kappa shape index (κ3) is 4.00. The first kappa shape index (κ1) is 16.6. The van der Waals surface area contributed by atoms with E-state index >= 15 is 0 Å². The minimum Gasteiger partial charge on any atom is -0.391 e. The second-order valence-corrected chi connectivity index (χ2v) is 6.36. The van der Waals surface area contributed by atoms with E-state index in [1.807, 2.05) is 19.1 Å². The van der Waals surface area contributed by atoms with Crippen LogP contribution in [0, 0.1) is 5.92 Å². The molecule has 1 fully saturated rings. The molecule has 0 aromatic carbocycles. The summed E-state index contributed by atoms with van der Waals surface area (Å²) in [6.45, 7) is 2.48. The molecule has 3 N–H and O–H groups in total. The molecule has 0 saturated heterocycles. The Labute approximate surface area is 141 Å². The lowest BCUT2D eigenvalue weighted by molar-refractivity contribution is 0.123. The zero-order valence-electron chi connectivity index (χ0n) is 14.0. The van der Waals surface area contributed by atoms with E-state index in [1.165, 1.54) is 18.9 Å². The summed E-state index contributed by atoms with van der Waals surface area (Å²) in [4.78, 5) is 23.2. The summed E-state index contributed by atoms with van der Waals surface area (Å²) in [6.07, 6.45) is 6.73. The Bertz CT molecular complexity index is 721. The van der Waals surface area contributed by atoms with Gasteiger partial charge in [-0.3, -0.25) is 4.79 Å². The number of nitrogens with one attached hydrogen (secondary N) is 2. The van der Waals surface area contributed by atoms with Gasteiger partial charge < -0.3 is 15.4 Å². The molecule has 0 amide bonds. The number of aryl methyl sites for hydroxylation is 1. The topological polar surface area (TPSA) is 90.9 Å². The highest BCUT2D eigenvalue weighted by Gasteiger charge is 2.22. The third-order valence-corrected chi connectivity index (χ3v) is 4.63. The normalized spacial score (nSPS) is 16.2. The van der Waals surface area contributed by atoms with Gasteiger partial charge in [0.25, 0.3) is 5.56 Å². The molecule has 24 heavy (non-hydrogen) atoms. The highest BCUT2D eigenvalue weighted by atomic mass is 16.3. The number of aliphatic hydroxyl groups excluding tert-OH is 1. The molecule has 1 aliphatic rings. The van der Waals surface area contributed by atoms with Crippen LogP contribution in [0.1, 0.15) is 38.3 Å². The van der Waals surface area contributed by atoms with Crippen LogP contribution in [0.4, 0.5) is 5.82 Å². The minimum absolute atomic E-state index is 0.154. The number of hydrogen-bond donors (Lipinski definition) is 3. The lowest BCUT2D eigenvalue weighted by Gasteiger charge is -2.18. The number of hydrogen-bond acceptors (Lipinski definition) is 5. The van der Waals surface area contributed by atoms with Gasteiger partial charge in [0.05, 0.1) is 6.10 Å². The molecule has 2 aromatic rings. The van der Waals surface area contributed by atoms with E-state index in [0.717, 1.165) is 24.1 Å². The van der Waals surface area contributed by atoms with Gasteiger partial charge in [-0.25, -0.2) is 9.97 Å². The van der Waals surface area contributed by atoms with Crippen molar-refractivity contribution >= 4 is 5.82 Å². The maximum Gasteiger partial charge on any atom is 0.251 e. The van der Waals surface area contributed by atoms with Gasteiger partial charge in [0, 0.05) is 30.1 Å². The molecule has 0 spiro atoms. The Morgan fingerprint density at radius 3 is 2.83 bits per heavy atom. The fourth-order valence-corrected chi connectivity index (χ4v) is 3.18. The number of aliphatic hydroxyl groups is 1. The average molecular weight is 328 g/mol. The van der Waals surface area contributed by atoms with E-state index < -0.39 is 0 Å². The molecule has 0 radical (unpaired) electrons. The zero-order chi connectivity index (χ0) is 16.9. The lowest BCUT2D eigenvalue weighted by atomic mass is 10.0. The molecule has 128 valence electrons. The van der Waals surface area contributed by atoms with Crippen LogP contribution in [-0.4, -0.2) is 32.7 Å². The predicted molar refractivity (Wildman–Crippen MR) is 93.9 cm³/mol. The number of aromatic nitrogens is 3. The Balaban J connectivity index is 1.65. The van der Waals surface area contributed by atoms with Crippen LogP contribution >= 0.6 is 0 Å².